The van der Waals surface area contributed by atoms with Crippen LogP contribution in [-0.4, -0.2) is 31.1 Å². The highest BCUT2D eigenvalue weighted by atomic mass is 35.5. The van der Waals surface area contributed by atoms with Gasteiger partial charge in [0.1, 0.15) is 0 Å². The summed E-state index contributed by atoms with van der Waals surface area (Å²) >= 11 is 5.90. The van der Waals surface area contributed by atoms with E-state index in [-0.39, 0.29) is 0 Å². The Morgan fingerprint density at radius 1 is 1.19 bits per heavy atom. The largest absolute Gasteiger partial charge is 0.455 e. The summed E-state index contributed by atoms with van der Waals surface area (Å²) in [5, 5.41) is 5.35. The average Bonchev–Trinajstić information content (AvgIpc) is 2.53. The van der Waals surface area contributed by atoms with Gasteiger partial charge in [0.05, 0.1) is 5.41 Å². The van der Waals surface area contributed by atoms with Crippen LogP contribution in [0, 0.1) is 5.92 Å². The molecule has 0 aliphatic heterocycles. The van der Waals surface area contributed by atoms with Gasteiger partial charge in [0, 0.05) is 11.6 Å². The van der Waals surface area contributed by atoms with Crippen molar-refractivity contribution in [3.05, 3.63) is 34.9 Å². The number of ether oxygens (including phenoxy) is 1. The van der Waals surface area contributed by atoms with Crippen LogP contribution in [0.3, 0.4) is 0 Å². The maximum absolute atomic E-state index is 12.5. The summed E-state index contributed by atoms with van der Waals surface area (Å²) in [4.78, 5) is 35.9. The number of rotatable bonds is 7. The molecule has 1 aromatic rings. The van der Waals surface area contributed by atoms with Crippen molar-refractivity contribution in [1.29, 1.82) is 0 Å². The molecule has 1 aliphatic carbocycles. The van der Waals surface area contributed by atoms with E-state index in [0.29, 0.717) is 30.3 Å². The molecule has 0 atom stereocenters. The zero-order chi connectivity index (χ0) is 19.2. The third-order valence-corrected chi connectivity index (χ3v) is 4.84. The number of nitrogens with one attached hydrogen (secondary N) is 2. The van der Waals surface area contributed by atoms with Crippen molar-refractivity contribution in [1.82, 2.24) is 10.6 Å². The summed E-state index contributed by atoms with van der Waals surface area (Å²) in [7, 11) is 0. The third-order valence-electron chi connectivity index (χ3n) is 4.59. The Labute approximate surface area is 158 Å². The lowest BCUT2D eigenvalue weighted by atomic mass is 9.64. The van der Waals surface area contributed by atoms with Crippen LogP contribution >= 0.6 is 11.6 Å². The molecule has 1 aliphatic rings. The fourth-order valence-electron chi connectivity index (χ4n) is 2.86. The molecule has 3 amide bonds. The lowest BCUT2D eigenvalue weighted by Crippen LogP contribution is -2.46. The minimum atomic E-state index is -0.718. The molecule has 0 saturated heterocycles. The molecular formula is C19H25ClN2O4. The number of hydrogen-bond acceptors (Lipinski definition) is 4. The number of carbonyl (C=O) groups is 3. The van der Waals surface area contributed by atoms with E-state index in [1.165, 1.54) is 0 Å². The van der Waals surface area contributed by atoms with Gasteiger partial charge in [-0.25, -0.2) is 4.79 Å². The van der Waals surface area contributed by atoms with Gasteiger partial charge >= 0.3 is 12.0 Å². The topological polar surface area (TPSA) is 84.5 Å². The number of hydrogen-bond donors (Lipinski definition) is 2. The van der Waals surface area contributed by atoms with Gasteiger partial charge in [-0.1, -0.05) is 44.0 Å². The fraction of sp³-hybridized carbons (Fsp3) is 0.526. The van der Waals surface area contributed by atoms with E-state index in [1.54, 1.807) is 12.1 Å². The van der Waals surface area contributed by atoms with Gasteiger partial charge in [-0.2, -0.15) is 0 Å². The van der Waals surface area contributed by atoms with Crippen molar-refractivity contribution in [2.24, 2.45) is 5.92 Å². The van der Waals surface area contributed by atoms with Crippen LogP contribution in [0.1, 0.15) is 45.1 Å². The molecule has 7 heteroatoms. The van der Waals surface area contributed by atoms with E-state index in [0.717, 1.165) is 18.4 Å². The SMILES string of the molecule is CC(C)CCNC(=O)NC(=O)COC(=O)C1(c2ccc(Cl)cc2)CCC1. The Bertz CT molecular complexity index is 654. The molecule has 6 nitrogen and oxygen atoms in total. The molecule has 0 aromatic heterocycles. The highest BCUT2D eigenvalue weighted by Gasteiger charge is 2.47. The lowest BCUT2D eigenvalue weighted by molar-refractivity contribution is -0.157. The van der Waals surface area contributed by atoms with Crippen molar-refractivity contribution in [2.75, 3.05) is 13.2 Å². The Balaban J connectivity index is 1.82. The monoisotopic (exact) mass is 380 g/mol. The van der Waals surface area contributed by atoms with Crippen LogP contribution in [-0.2, 0) is 19.7 Å². The zero-order valence-corrected chi connectivity index (χ0v) is 15.9. The van der Waals surface area contributed by atoms with E-state index in [4.69, 9.17) is 16.3 Å². The molecule has 26 heavy (non-hydrogen) atoms. The predicted molar refractivity (Wildman–Crippen MR) is 98.9 cm³/mol. The minimum absolute atomic E-state index is 0.443. The van der Waals surface area contributed by atoms with Gasteiger partial charge < -0.3 is 10.1 Å². The number of esters is 1. The second kappa shape index (κ2) is 9.03. The predicted octanol–water partition coefficient (Wildman–Crippen LogP) is 3.18. The number of urea groups is 1. The van der Waals surface area contributed by atoms with Gasteiger partial charge in [-0.05, 0) is 42.9 Å². The van der Waals surface area contributed by atoms with Gasteiger partial charge in [-0.3, -0.25) is 14.9 Å². The average molecular weight is 381 g/mol. The van der Waals surface area contributed by atoms with Crippen LogP contribution in [0.5, 0.6) is 0 Å². The first-order valence-corrected chi connectivity index (χ1v) is 9.22. The first kappa shape index (κ1) is 20.2. The molecule has 0 spiro atoms. The van der Waals surface area contributed by atoms with Gasteiger partial charge in [-0.15, -0.1) is 0 Å². The molecular weight excluding hydrogens is 356 g/mol. The van der Waals surface area contributed by atoms with Gasteiger partial charge in [0.15, 0.2) is 6.61 Å². The molecule has 2 rings (SSSR count). The molecule has 1 aromatic carbocycles. The normalized spacial score (nSPS) is 15.1. The number of carbonyl (C=O) groups excluding carboxylic acids is 3. The van der Waals surface area contributed by atoms with E-state index >= 15 is 0 Å². The first-order chi connectivity index (χ1) is 12.3. The van der Waals surface area contributed by atoms with Crippen LogP contribution in [0.15, 0.2) is 24.3 Å². The first-order valence-electron chi connectivity index (χ1n) is 8.84. The van der Waals surface area contributed by atoms with Crippen LogP contribution < -0.4 is 10.6 Å². The van der Waals surface area contributed by atoms with Crippen molar-refractivity contribution in [3.8, 4) is 0 Å². The maximum atomic E-state index is 12.5. The Kier molecular flexibility index (Phi) is 7.03. The second-order valence-corrected chi connectivity index (χ2v) is 7.44. The zero-order valence-electron chi connectivity index (χ0n) is 15.1. The highest BCUT2D eigenvalue weighted by molar-refractivity contribution is 6.30. The smallest absolute Gasteiger partial charge is 0.321 e. The second-order valence-electron chi connectivity index (χ2n) is 7.01. The Hall–Kier alpha value is -2.08. The van der Waals surface area contributed by atoms with E-state index in [9.17, 15) is 14.4 Å². The summed E-state index contributed by atoms with van der Waals surface area (Å²) in [5.41, 5.74) is 0.120. The third kappa shape index (κ3) is 5.21. The van der Waals surface area contributed by atoms with Gasteiger partial charge in [0.2, 0.25) is 0 Å². The quantitative estimate of drug-likeness (QED) is 0.711. The number of imide groups is 1. The summed E-state index contributed by atoms with van der Waals surface area (Å²) in [6.45, 7) is 4.09. The lowest BCUT2D eigenvalue weighted by Gasteiger charge is -2.39. The molecule has 1 fully saturated rings. The van der Waals surface area contributed by atoms with Crippen molar-refractivity contribution in [2.45, 2.75) is 44.9 Å². The molecule has 0 radical (unpaired) electrons. The van der Waals surface area contributed by atoms with Crippen molar-refractivity contribution < 1.29 is 19.1 Å². The Morgan fingerprint density at radius 3 is 2.38 bits per heavy atom. The van der Waals surface area contributed by atoms with Crippen LogP contribution in [0.4, 0.5) is 4.79 Å². The van der Waals surface area contributed by atoms with Crippen molar-refractivity contribution in [3.63, 3.8) is 0 Å². The summed E-state index contributed by atoms with van der Waals surface area (Å²) in [6, 6.07) is 6.51. The molecule has 2 N–H and O–H groups in total. The number of benzene rings is 1. The van der Waals surface area contributed by atoms with Crippen molar-refractivity contribution >= 4 is 29.5 Å². The Morgan fingerprint density at radius 2 is 1.85 bits per heavy atom. The maximum Gasteiger partial charge on any atom is 0.321 e. The number of amides is 3. The highest BCUT2D eigenvalue weighted by Crippen LogP contribution is 2.45. The molecule has 0 unspecified atom stereocenters. The molecule has 0 bridgehead atoms. The summed E-state index contributed by atoms with van der Waals surface area (Å²) < 4.78 is 5.18. The summed E-state index contributed by atoms with van der Waals surface area (Å²) in [5.74, 6) is -0.633. The molecule has 0 heterocycles. The molecule has 142 valence electrons. The number of halogens is 1. The van der Waals surface area contributed by atoms with E-state index in [1.807, 2.05) is 26.0 Å². The van der Waals surface area contributed by atoms with E-state index in [2.05, 4.69) is 10.6 Å². The van der Waals surface area contributed by atoms with Crippen LogP contribution in [0.2, 0.25) is 5.02 Å². The van der Waals surface area contributed by atoms with E-state index < -0.39 is 29.9 Å². The molecule has 1 saturated carbocycles. The minimum Gasteiger partial charge on any atom is -0.455 e. The fourth-order valence-corrected chi connectivity index (χ4v) is 2.99. The van der Waals surface area contributed by atoms with Crippen LogP contribution in [0.25, 0.3) is 0 Å². The summed E-state index contributed by atoms with van der Waals surface area (Å²) in [6.07, 6.45) is 3.08. The standard InChI is InChI=1S/C19H25ClN2O4/c1-13(2)8-11-21-18(25)22-16(23)12-26-17(24)19(9-3-10-19)14-4-6-15(20)7-5-14/h4-7,13H,3,8-12H2,1-2H3,(H2,21,22,23,25). The van der Waals surface area contributed by atoms with Gasteiger partial charge in [0.25, 0.3) is 5.91 Å².